The summed E-state index contributed by atoms with van der Waals surface area (Å²) in [6.07, 6.45) is -3.73. The van der Waals surface area contributed by atoms with E-state index in [1.54, 1.807) is 0 Å². The molecule has 5 rings (SSSR count). The van der Waals surface area contributed by atoms with Gasteiger partial charge in [0.25, 0.3) is 17.5 Å². The average molecular weight is 594 g/mol. The number of hydrogen-bond acceptors (Lipinski definition) is 7. The quantitative estimate of drug-likeness (QED) is 0.323. The molecule has 1 aliphatic heterocycles. The van der Waals surface area contributed by atoms with Crippen molar-refractivity contribution in [2.24, 2.45) is 5.73 Å². The number of rotatable bonds is 9. The van der Waals surface area contributed by atoms with E-state index in [9.17, 15) is 32.3 Å². The van der Waals surface area contributed by atoms with Crippen molar-refractivity contribution in [3.8, 4) is 28.5 Å². The lowest BCUT2D eigenvalue weighted by atomic mass is 9.90. The van der Waals surface area contributed by atoms with Crippen LogP contribution in [0.1, 0.15) is 34.5 Å². The van der Waals surface area contributed by atoms with E-state index in [-0.39, 0.29) is 23.0 Å². The van der Waals surface area contributed by atoms with Crippen LogP contribution >= 0.6 is 0 Å². The molecular weight excluding hydrogens is 569 g/mol. The Labute approximate surface area is 235 Å². The van der Waals surface area contributed by atoms with Gasteiger partial charge in [-0.3, -0.25) is 9.59 Å². The van der Waals surface area contributed by atoms with Gasteiger partial charge in [-0.2, -0.15) is 13.2 Å². The summed E-state index contributed by atoms with van der Waals surface area (Å²) in [4.78, 5) is 28.8. The fourth-order valence-electron chi connectivity index (χ4n) is 4.36. The van der Waals surface area contributed by atoms with E-state index in [4.69, 9.17) is 19.9 Å². The molecule has 0 bridgehead atoms. The van der Waals surface area contributed by atoms with Crippen molar-refractivity contribution >= 4 is 11.8 Å². The summed E-state index contributed by atoms with van der Waals surface area (Å²) >= 11 is 0. The maximum absolute atomic E-state index is 15.6. The van der Waals surface area contributed by atoms with Crippen molar-refractivity contribution in [3.05, 3.63) is 71.2 Å². The minimum Gasteiger partial charge on any atom is -0.493 e. The van der Waals surface area contributed by atoms with Crippen LogP contribution in [-0.4, -0.2) is 54.4 Å². The van der Waals surface area contributed by atoms with Crippen LogP contribution in [0.4, 0.5) is 22.0 Å². The van der Waals surface area contributed by atoms with Gasteiger partial charge in [-0.05, 0) is 61.4 Å². The Morgan fingerprint density at radius 1 is 1.14 bits per heavy atom. The Balaban J connectivity index is 1.53. The summed E-state index contributed by atoms with van der Waals surface area (Å²) in [6, 6.07) is 8.78. The van der Waals surface area contributed by atoms with Crippen LogP contribution in [0.15, 0.2) is 48.5 Å². The van der Waals surface area contributed by atoms with Crippen LogP contribution in [0.3, 0.4) is 0 Å². The predicted molar refractivity (Wildman–Crippen MR) is 136 cm³/mol. The molecule has 1 aliphatic carbocycles. The summed E-state index contributed by atoms with van der Waals surface area (Å²) in [7, 11) is 1.33. The molecule has 1 saturated carbocycles. The lowest BCUT2D eigenvalue weighted by molar-refractivity contribution is -0.265. The molecule has 2 atom stereocenters. The summed E-state index contributed by atoms with van der Waals surface area (Å²) in [5.41, 5.74) is -4.11. The zero-order valence-electron chi connectivity index (χ0n) is 21.9. The maximum Gasteiger partial charge on any atom is 0.424 e. The first-order valence-corrected chi connectivity index (χ1v) is 12.6. The van der Waals surface area contributed by atoms with Gasteiger partial charge in [-0.25, -0.2) is 13.8 Å². The van der Waals surface area contributed by atoms with Gasteiger partial charge in [0, 0.05) is 16.7 Å². The first kappa shape index (κ1) is 29.0. The normalized spacial score (nSPS) is 19.3. The number of primary amides is 1. The molecule has 0 spiro atoms. The second kappa shape index (κ2) is 10.4. The third-order valence-electron chi connectivity index (χ3n) is 6.96. The molecule has 42 heavy (non-hydrogen) atoms. The SMILES string of the molecule is COc1cc(C(=O)NC[C@](O)(c2cc3c(c(-c4ccc(F)cc4)n2)OC[C@]3(F)C(N)=O)C(F)(F)F)ccc1OC1CC1. The van der Waals surface area contributed by atoms with Crippen LogP contribution in [0.2, 0.25) is 0 Å². The van der Waals surface area contributed by atoms with Gasteiger partial charge in [0.2, 0.25) is 5.60 Å². The second-order valence-corrected chi connectivity index (χ2v) is 9.92. The smallest absolute Gasteiger partial charge is 0.424 e. The number of pyridine rings is 1. The van der Waals surface area contributed by atoms with E-state index >= 15 is 4.39 Å². The molecule has 2 heterocycles. The van der Waals surface area contributed by atoms with E-state index < -0.39 is 70.9 Å². The highest BCUT2D eigenvalue weighted by Gasteiger charge is 2.58. The molecular formula is C28H24F5N3O6. The molecule has 2 amide bonds. The van der Waals surface area contributed by atoms with Gasteiger partial charge >= 0.3 is 6.18 Å². The van der Waals surface area contributed by atoms with Gasteiger partial charge in [0.05, 0.1) is 25.5 Å². The number of fused-ring (bicyclic) bond motifs is 1. The van der Waals surface area contributed by atoms with Crippen LogP contribution in [0.25, 0.3) is 11.3 Å². The molecule has 3 aromatic rings. The van der Waals surface area contributed by atoms with Crippen LogP contribution in [-0.2, 0) is 16.1 Å². The van der Waals surface area contributed by atoms with E-state index in [0.717, 1.165) is 37.1 Å². The number of aliphatic hydroxyl groups is 1. The topological polar surface area (TPSA) is 133 Å². The van der Waals surface area contributed by atoms with Crippen molar-refractivity contribution in [2.45, 2.75) is 36.4 Å². The fraction of sp³-hybridized carbons (Fsp3) is 0.321. The number of nitrogens with two attached hydrogens (primary N) is 1. The summed E-state index contributed by atoms with van der Waals surface area (Å²) in [6.45, 7) is -2.41. The predicted octanol–water partition coefficient (Wildman–Crippen LogP) is 3.66. The summed E-state index contributed by atoms with van der Waals surface area (Å²) in [5, 5.41) is 13.1. The maximum atomic E-state index is 15.6. The van der Waals surface area contributed by atoms with Gasteiger partial charge in [-0.15, -0.1) is 0 Å². The molecule has 2 aliphatic rings. The van der Waals surface area contributed by atoms with Crippen LogP contribution < -0.4 is 25.3 Å². The Kier molecular flexibility index (Phi) is 7.21. The lowest BCUT2D eigenvalue weighted by Crippen LogP contribution is -2.51. The van der Waals surface area contributed by atoms with Crippen molar-refractivity contribution in [1.82, 2.24) is 10.3 Å². The molecule has 2 aromatic carbocycles. The zero-order chi connectivity index (χ0) is 30.4. The largest absolute Gasteiger partial charge is 0.493 e. The number of nitrogens with one attached hydrogen (secondary N) is 1. The van der Waals surface area contributed by atoms with Crippen molar-refractivity contribution in [1.29, 1.82) is 0 Å². The molecule has 0 saturated heterocycles. The highest BCUT2D eigenvalue weighted by molar-refractivity contribution is 5.95. The first-order chi connectivity index (χ1) is 19.8. The molecule has 222 valence electrons. The van der Waals surface area contributed by atoms with Gasteiger partial charge in [-0.1, -0.05) is 0 Å². The van der Waals surface area contributed by atoms with E-state index in [0.29, 0.717) is 11.8 Å². The first-order valence-electron chi connectivity index (χ1n) is 12.6. The number of alkyl halides is 4. The fourth-order valence-corrected chi connectivity index (χ4v) is 4.36. The van der Waals surface area contributed by atoms with Crippen molar-refractivity contribution < 1.29 is 50.9 Å². The van der Waals surface area contributed by atoms with Crippen LogP contribution in [0, 0.1) is 5.82 Å². The Morgan fingerprint density at radius 3 is 2.43 bits per heavy atom. The third-order valence-corrected chi connectivity index (χ3v) is 6.96. The lowest BCUT2D eigenvalue weighted by Gasteiger charge is -2.31. The number of ether oxygens (including phenoxy) is 3. The molecule has 9 nitrogen and oxygen atoms in total. The zero-order valence-corrected chi connectivity index (χ0v) is 21.9. The number of methoxy groups -OCH3 is 1. The summed E-state index contributed by atoms with van der Waals surface area (Å²) < 4.78 is 88.8. The number of aromatic nitrogens is 1. The van der Waals surface area contributed by atoms with Gasteiger partial charge in [0.1, 0.15) is 18.1 Å². The van der Waals surface area contributed by atoms with Gasteiger partial charge < -0.3 is 30.4 Å². The summed E-state index contributed by atoms with van der Waals surface area (Å²) in [5.74, 6) is -3.10. The van der Waals surface area contributed by atoms with Gasteiger partial charge in [0.15, 0.2) is 17.2 Å². The van der Waals surface area contributed by atoms with E-state index in [2.05, 4.69) is 4.98 Å². The van der Waals surface area contributed by atoms with Crippen molar-refractivity contribution in [2.75, 3.05) is 20.3 Å². The number of benzene rings is 2. The highest BCUT2D eigenvalue weighted by Crippen LogP contribution is 2.48. The number of carbonyl (C=O) groups is 2. The van der Waals surface area contributed by atoms with Crippen molar-refractivity contribution in [3.63, 3.8) is 0 Å². The Bertz CT molecular complexity index is 1550. The Hall–Kier alpha value is -4.46. The standard InChI is InChI=1S/C28H24F5N3O6/c1-40-20-10-15(4-9-19(20)42-17-7-8-17)24(37)35-12-27(39,28(31,32)33)21-11-18-23(41-13-26(18,30)25(34)38)22(36-21)14-2-5-16(29)6-3-14/h2-6,9-11,17,39H,7-8,12-13H2,1H3,(H2,34,38)(H,35,37)/t26-,27+/m1/s1. The molecule has 4 N–H and O–H groups in total. The number of nitrogens with zero attached hydrogens (tertiary/aromatic N) is 1. The van der Waals surface area contributed by atoms with E-state index in [1.807, 2.05) is 5.32 Å². The second-order valence-electron chi connectivity index (χ2n) is 9.92. The molecule has 14 heteroatoms. The minimum atomic E-state index is -5.47. The minimum absolute atomic E-state index is 0.00242. The molecule has 1 fully saturated rings. The van der Waals surface area contributed by atoms with Crippen LogP contribution in [0.5, 0.6) is 17.2 Å². The Morgan fingerprint density at radius 2 is 1.83 bits per heavy atom. The number of hydrogen-bond donors (Lipinski definition) is 3. The third kappa shape index (κ3) is 5.17. The number of amides is 2. The molecule has 0 radical (unpaired) electrons. The molecule has 1 aromatic heterocycles. The monoisotopic (exact) mass is 593 g/mol. The highest BCUT2D eigenvalue weighted by atomic mass is 19.4. The molecule has 0 unspecified atom stereocenters. The number of carbonyl (C=O) groups excluding carboxylic acids is 2. The average Bonchev–Trinajstić information content (AvgIpc) is 3.71. The number of halogens is 5. The van der Waals surface area contributed by atoms with E-state index in [1.165, 1.54) is 25.3 Å².